The fourth-order valence-electron chi connectivity index (χ4n) is 2.41. The molecule has 1 aromatic rings. The normalized spacial score (nSPS) is 14.5. The van der Waals surface area contributed by atoms with Crippen molar-refractivity contribution in [2.45, 2.75) is 38.6 Å². The lowest BCUT2D eigenvalue weighted by atomic mass is 9.91. The fraction of sp³-hybridized carbons (Fsp3) is 0.500. The molecule has 0 heterocycles. The van der Waals surface area contributed by atoms with Crippen molar-refractivity contribution in [2.24, 2.45) is 0 Å². The second-order valence-electron chi connectivity index (χ2n) is 5.14. The second kappa shape index (κ2) is 4.69. The summed E-state index contributed by atoms with van der Waals surface area (Å²) in [6.07, 6.45) is 3.58. The Morgan fingerprint density at radius 2 is 2.06 bits per heavy atom. The molecule has 17 heavy (non-hydrogen) atoms. The first-order valence-corrected chi connectivity index (χ1v) is 6.55. The van der Waals surface area contributed by atoms with E-state index in [0.29, 0.717) is 0 Å². The minimum atomic E-state index is -0.358. The molecule has 0 bridgehead atoms. The van der Waals surface area contributed by atoms with Gasteiger partial charge in [0.1, 0.15) is 5.88 Å². The lowest BCUT2D eigenvalue weighted by Crippen LogP contribution is -2.41. The van der Waals surface area contributed by atoms with Crippen LogP contribution in [0.5, 0.6) is 0 Å². The van der Waals surface area contributed by atoms with Crippen molar-refractivity contribution in [2.75, 3.05) is 5.88 Å². The van der Waals surface area contributed by atoms with Crippen LogP contribution in [-0.4, -0.2) is 11.8 Å². The predicted molar refractivity (Wildman–Crippen MR) is 70.4 cm³/mol. The highest BCUT2D eigenvalue weighted by atomic mass is 35.5. The van der Waals surface area contributed by atoms with Crippen LogP contribution in [0.1, 0.15) is 37.0 Å². The van der Waals surface area contributed by atoms with E-state index in [1.165, 1.54) is 24.0 Å². The third-order valence-corrected chi connectivity index (χ3v) is 3.64. The van der Waals surface area contributed by atoms with E-state index >= 15 is 0 Å². The number of halogens is 1. The van der Waals surface area contributed by atoms with Crippen molar-refractivity contribution in [1.29, 1.82) is 0 Å². The second-order valence-corrected chi connectivity index (χ2v) is 5.41. The summed E-state index contributed by atoms with van der Waals surface area (Å²) >= 11 is 5.53. The fourth-order valence-corrected chi connectivity index (χ4v) is 2.48. The van der Waals surface area contributed by atoms with Crippen molar-refractivity contribution in [3.05, 3.63) is 34.9 Å². The molecule has 1 aliphatic carbocycles. The van der Waals surface area contributed by atoms with Gasteiger partial charge < -0.3 is 5.32 Å². The molecule has 0 saturated carbocycles. The molecule has 0 radical (unpaired) electrons. The van der Waals surface area contributed by atoms with E-state index in [9.17, 15) is 4.79 Å². The standard InChI is InChI=1S/C14H18ClNO/c1-14(2,16-13(17)9-15)12-7-6-10-4-3-5-11(10)8-12/h6-8H,3-5,9H2,1-2H3,(H,16,17). The zero-order valence-electron chi connectivity index (χ0n) is 10.3. The van der Waals surface area contributed by atoms with Gasteiger partial charge in [-0.15, -0.1) is 11.6 Å². The van der Waals surface area contributed by atoms with Crippen molar-refractivity contribution in [3.8, 4) is 0 Å². The number of hydrogen-bond acceptors (Lipinski definition) is 1. The van der Waals surface area contributed by atoms with Gasteiger partial charge in [0.05, 0.1) is 5.54 Å². The number of aryl methyl sites for hydroxylation is 2. The number of benzene rings is 1. The first-order chi connectivity index (χ1) is 8.03. The number of alkyl halides is 1. The summed E-state index contributed by atoms with van der Waals surface area (Å²) in [5.41, 5.74) is 3.67. The van der Waals surface area contributed by atoms with Crippen LogP contribution in [0.15, 0.2) is 18.2 Å². The minimum absolute atomic E-state index is 0.00830. The Bertz CT molecular complexity index is 440. The van der Waals surface area contributed by atoms with Gasteiger partial charge in [-0.3, -0.25) is 4.79 Å². The molecule has 0 saturated heterocycles. The van der Waals surface area contributed by atoms with Crippen LogP contribution >= 0.6 is 11.6 Å². The van der Waals surface area contributed by atoms with Crippen molar-refractivity contribution in [1.82, 2.24) is 5.32 Å². The average molecular weight is 252 g/mol. The van der Waals surface area contributed by atoms with E-state index < -0.39 is 0 Å². The molecule has 1 amide bonds. The smallest absolute Gasteiger partial charge is 0.235 e. The maximum atomic E-state index is 11.4. The van der Waals surface area contributed by atoms with Gasteiger partial charge >= 0.3 is 0 Å². The summed E-state index contributed by atoms with van der Waals surface area (Å²) < 4.78 is 0. The molecule has 1 N–H and O–H groups in total. The molecule has 0 spiro atoms. The number of carbonyl (C=O) groups is 1. The number of amides is 1. The van der Waals surface area contributed by atoms with E-state index in [4.69, 9.17) is 11.6 Å². The highest BCUT2D eigenvalue weighted by molar-refractivity contribution is 6.27. The molecule has 92 valence electrons. The number of nitrogens with one attached hydrogen (secondary N) is 1. The molecule has 3 heteroatoms. The van der Waals surface area contributed by atoms with Gasteiger partial charge in [0, 0.05) is 0 Å². The Morgan fingerprint density at radius 1 is 1.35 bits per heavy atom. The lowest BCUT2D eigenvalue weighted by molar-refractivity contribution is -0.120. The van der Waals surface area contributed by atoms with E-state index in [2.05, 4.69) is 23.5 Å². The first-order valence-electron chi connectivity index (χ1n) is 6.02. The monoisotopic (exact) mass is 251 g/mol. The van der Waals surface area contributed by atoms with Crippen LogP contribution in [0.2, 0.25) is 0 Å². The summed E-state index contributed by atoms with van der Waals surface area (Å²) in [5, 5.41) is 2.94. The highest BCUT2D eigenvalue weighted by Crippen LogP contribution is 2.27. The summed E-state index contributed by atoms with van der Waals surface area (Å²) in [5.74, 6) is -0.119. The SMILES string of the molecule is CC(C)(NC(=O)CCl)c1ccc2c(c1)CCC2. The average Bonchev–Trinajstić information content (AvgIpc) is 2.75. The van der Waals surface area contributed by atoms with Gasteiger partial charge in [-0.1, -0.05) is 18.2 Å². The van der Waals surface area contributed by atoms with Crippen LogP contribution in [0.25, 0.3) is 0 Å². The lowest BCUT2D eigenvalue weighted by Gasteiger charge is -2.27. The third kappa shape index (κ3) is 2.63. The Balaban J connectivity index is 2.24. The summed E-state index contributed by atoms with van der Waals surface area (Å²) in [6.45, 7) is 4.02. The Labute approximate surface area is 107 Å². The Hall–Kier alpha value is -1.02. The van der Waals surface area contributed by atoms with E-state index in [1.807, 2.05) is 13.8 Å². The maximum absolute atomic E-state index is 11.4. The quantitative estimate of drug-likeness (QED) is 0.823. The Morgan fingerprint density at radius 3 is 2.76 bits per heavy atom. The molecule has 0 unspecified atom stereocenters. The van der Waals surface area contributed by atoms with Gasteiger partial charge in [-0.05, 0) is 49.8 Å². The number of fused-ring (bicyclic) bond motifs is 1. The van der Waals surface area contributed by atoms with Crippen molar-refractivity contribution < 1.29 is 4.79 Å². The predicted octanol–water partition coefficient (Wildman–Crippen LogP) is 2.77. The molecule has 0 aromatic heterocycles. The van der Waals surface area contributed by atoms with Crippen LogP contribution in [0.3, 0.4) is 0 Å². The van der Waals surface area contributed by atoms with E-state index in [1.54, 1.807) is 0 Å². The zero-order chi connectivity index (χ0) is 12.5. The van der Waals surface area contributed by atoms with Gasteiger partial charge in [-0.25, -0.2) is 0 Å². The van der Waals surface area contributed by atoms with Crippen LogP contribution in [0.4, 0.5) is 0 Å². The summed E-state index contributed by atoms with van der Waals surface area (Å²) in [7, 11) is 0. The molecule has 2 nitrogen and oxygen atoms in total. The third-order valence-electron chi connectivity index (χ3n) is 3.39. The molecule has 1 aromatic carbocycles. The molecule has 0 atom stereocenters. The summed E-state index contributed by atoms with van der Waals surface area (Å²) in [6, 6.07) is 6.52. The van der Waals surface area contributed by atoms with Gasteiger partial charge in [0.25, 0.3) is 0 Å². The largest absolute Gasteiger partial charge is 0.346 e. The van der Waals surface area contributed by atoms with Gasteiger partial charge in [-0.2, -0.15) is 0 Å². The van der Waals surface area contributed by atoms with Crippen molar-refractivity contribution >= 4 is 17.5 Å². The maximum Gasteiger partial charge on any atom is 0.235 e. The molecule has 1 aliphatic rings. The topological polar surface area (TPSA) is 29.1 Å². The van der Waals surface area contributed by atoms with Crippen LogP contribution in [-0.2, 0) is 23.2 Å². The van der Waals surface area contributed by atoms with Gasteiger partial charge in [0.2, 0.25) is 5.91 Å². The first kappa shape index (κ1) is 12.4. The van der Waals surface area contributed by atoms with Crippen LogP contribution < -0.4 is 5.32 Å². The molecule has 0 aliphatic heterocycles. The summed E-state index contributed by atoms with van der Waals surface area (Å²) in [4.78, 5) is 11.4. The molecular formula is C14H18ClNO. The van der Waals surface area contributed by atoms with E-state index in [0.717, 1.165) is 12.0 Å². The van der Waals surface area contributed by atoms with Crippen molar-refractivity contribution in [3.63, 3.8) is 0 Å². The molecule has 2 rings (SSSR count). The number of rotatable bonds is 3. The molecular weight excluding hydrogens is 234 g/mol. The number of carbonyl (C=O) groups excluding carboxylic acids is 1. The zero-order valence-corrected chi connectivity index (χ0v) is 11.1. The molecule has 0 fully saturated rings. The number of hydrogen-bond donors (Lipinski definition) is 1. The van der Waals surface area contributed by atoms with Crippen LogP contribution in [0, 0.1) is 0 Å². The van der Waals surface area contributed by atoms with Gasteiger partial charge in [0.15, 0.2) is 0 Å². The Kier molecular flexibility index (Phi) is 3.43. The minimum Gasteiger partial charge on any atom is -0.346 e. The highest BCUT2D eigenvalue weighted by Gasteiger charge is 2.24. The van der Waals surface area contributed by atoms with E-state index in [-0.39, 0.29) is 17.3 Å².